The molecule has 0 aromatic heterocycles. The van der Waals surface area contributed by atoms with Gasteiger partial charge in [0.05, 0.1) is 7.11 Å². The summed E-state index contributed by atoms with van der Waals surface area (Å²) in [6.45, 7) is 9.99. The fourth-order valence-electron chi connectivity index (χ4n) is 2.44. The maximum Gasteiger partial charge on any atom is 0.119 e. The van der Waals surface area contributed by atoms with E-state index in [0.29, 0.717) is 0 Å². The number of hydrogen-bond donors (Lipinski definition) is 1. The van der Waals surface area contributed by atoms with Crippen LogP contribution in [0.5, 0.6) is 5.75 Å². The van der Waals surface area contributed by atoms with Gasteiger partial charge in [-0.15, -0.1) is 0 Å². The topological polar surface area (TPSA) is 27.7 Å². The van der Waals surface area contributed by atoms with E-state index in [1.165, 1.54) is 5.69 Å². The van der Waals surface area contributed by atoms with Crippen LogP contribution in [0.25, 0.3) is 0 Å². The van der Waals surface area contributed by atoms with Crippen LogP contribution in [0.15, 0.2) is 24.3 Å². The number of ether oxygens (including phenoxy) is 1. The Hall–Kier alpha value is -1.26. The normalized spacial score (nSPS) is 16.6. The molecule has 0 saturated carbocycles. The Balaban J connectivity index is 1.78. The van der Waals surface area contributed by atoms with Crippen molar-refractivity contribution in [2.45, 2.75) is 6.92 Å². The first-order valence-corrected chi connectivity index (χ1v) is 7.15. The van der Waals surface area contributed by atoms with E-state index in [1.54, 1.807) is 7.11 Å². The number of hydrogen-bond acceptors (Lipinski definition) is 4. The summed E-state index contributed by atoms with van der Waals surface area (Å²) in [6, 6.07) is 8.36. The lowest BCUT2D eigenvalue weighted by Gasteiger charge is -2.36. The summed E-state index contributed by atoms with van der Waals surface area (Å²) in [6.07, 6.45) is 0. The molecule has 1 aliphatic heterocycles. The quantitative estimate of drug-likeness (QED) is 0.786. The molecule has 0 atom stereocenters. The lowest BCUT2D eigenvalue weighted by Crippen LogP contribution is -2.48. The van der Waals surface area contributed by atoms with E-state index in [4.69, 9.17) is 4.74 Å². The van der Waals surface area contributed by atoms with Crippen molar-refractivity contribution in [3.05, 3.63) is 24.3 Å². The van der Waals surface area contributed by atoms with Crippen molar-refractivity contribution in [2.24, 2.45) is 0 Å². The van der Waals surface area contributed by atoms with Gasteiger partial charge in [-0.25, -0.2) is 0 Å². The first-order chi connectivity index (χ1) is 9.33. The predicted octanol–water partition coefficient (Wildman–Crippen LogP) is 1.43. The van der Waals surface area contributed by atoms with Crippen LogP contribution in [0, 0.1) is 0 Å². The Kier molecular flexibility index (Phi) is 5.48. The number of anilines is 1. The van der Waals surface area contributed by atoms with Crippen LogP contribution in [0.1, 0.15) is 6.92 Å². The molecule has 1 fully saturated rings. The molecule has 1 aromatic carbocycles. The molecular formula is C15H25N3O. The monoisotopic (exact) mass is 263 g/mol. The lowest BCUT2D eigenvalue weighted by atomic mass is 10.2. The van der Waals surface area contributed by atoms with Gasteiger partial charge < -0.3 is 15.0 Å². The highest BCUT2D eigenvalue weighted by atomic mass is 16.5. The number of benzene rings is 1. The molecule has 106 valence electrons. The first-order valence-electron chi connectivity index (χ1n) is 7.15. The Morgan fingerprint density at radius 3 is 2.37 bits per heavy atom. The molecule has 1 saturated heterocycles. The molecule has 0 aliphatic carbocycles. The SMILES string of the molecule is CCNCCN1CCN(c2ccc(OC)cc2)CC1. The maximum absolute atomic E-state index is 5.19. The van der Waals surface area contributed by atoms with Crippen molar-refractivity contribution in [1.29, 1.82) is 0 Å². The lowest BCUT2D eigenvalue weighted by molar-refractivity contribution is 0.258. The summed E-state index contributed by atoms with van der Waals surface area (Å²) >= 11 is 0. The average Bonchev–Trinajstić information content (AvgIpc) is 2.48. The van der Waals surface area contributed by atoms with E-state index in [0.717, 1.165) is 51.6 Å². The number of piperazine rings is 1. The van der Waals surface area contributed by atoms with Gasteiger partial charge in [-0.05, 0) is 30.8 Å². The Morgan fingerprint density at radius 2 is 1.79 bits per heavy atom. The highest BCUT2D eigenvalue weighted by Crippen LogP contribution is 2.20. The second-order valence-electron chi connectivity index (χ2n) is 4.88. The summed E-state index contributed by atoms with van der Waals surface area (Å²) in [4.78, 5) is 4.98. The molecule has 1 aliphatic rings. The predicted molar refractivity (Wildman–Crippen MR) is 80.2 cm³/mol. The molecule has 0 radical (unpaired) electrons. The van der Waals surface area contributed by atoms with Gasteiger partial charge in [0.15, 0.2) is 0 Å². The van der Waals surface area contributed by atoms with Gasteiger partial charge in [-0.2, -0.15) is 0 Å². The van der Waals surface area contributed by atoms with E-state index in [2.05, 4.69) is 34.2 Å². The molecule has 0 spiro atoms. The summed E-state index contributed by atoms with van der Waals surface area (Å²) in [5.41, 5.74) is 1.30. The van der Waals surface area contributed by atoms with Gasteiger partial charge in [0.1, 0.15) is 5.75 Å². The molecule has 1 heterocycles. The number of nitrogens with one attached hydrogen (secondary N) is 1. The summed E-state index contributed by atoms with van der Waals surface area (Å²) < 4.78 is 5.19. The molecule has 1 aromatic rings. The minimum Gasteiger partial charge on any atom is -0.497 e. The van der Waals surface area contributed by atoms with Gasteiger partial charge in [-0.1, -0.05) is 6.92 Å². The fraction of sp³-hybridized carbons (Fsp3) is 0.600. The summed E-state index contributed by atoms with van der Waals surface area (Å²) in [5, 5.41) is 3.38. The van der Waals surface area contributed by atoms with Crippen LogP contribution in [0.4, 0.5) is 5.69 Å². The van der Waals surface area contributed by atoms with E-state index >= 15 is 0 Å². The van der Waals surface area contributed by atoms with Gasteiger partial charge in [-0.3, -0.25) is 4.90 Å². The fourth-order valence-corrected chi connectivity index (χ4v) is 2.44. The smallest absolute Gasteiger partial charge is 0.119 e. The van der Waals surface area contributed by atoms with Crippen molar-refractivity contribution in [3.63, 3.8) is 0 Å². The van der Waals surface area contributed by atoms with Gasteiger partial charge in [0.2, 0.25) is 0 Å². The van der Waals surface area contributed by atoms with Crippen molar-refractivity contribution in [1.82, 2.24) is 10.2 Å². The number of methoxy groups -OCH3 is 1. The third kappa shape index (κ3) is 4.11. The summed E-state index contributed by atoms with van der Waals surface area (Å²) in [5.74, 6) is 0.924. The van der Waals surface area contributed by atoms with Crippen LogP contribution in [-0.2, 0) is 0 Å². The van der Waals surface area contributed by atoms with Crippen molar-refractivity contribution in [2.75, 3.05) is 57.8 Å². The second kappa shape index (κ2) is 7.36. The third-order valence-electron chi connectivity index (χ3n) is 3.66. The van der Waals surface area contributed by atoms with Crippen LogP contribution in [-0.4, -0.2) is 57.8 Å². The Bertz CT molecular complexity index is 358. The molecule has 0 unspecified atom stereocenters. The number of nitrogens with zero attached hydrogens (tertiary/aromatic N) is 2. The second-order valence-corrected chi connectivity index (χ2v) is 4.88. The molecule has 0 amide bonds. The van der Waals surface area contributed by atoms with Gasteiger partial charge in [0, 0.05) is 45.0 Å². The minimum absolute atomic E-state index is 0.924. The zero-order chi connectivity index (χ0) is 13.5. The minimum atomic E-state index is 0.924. The summed E-state index contributed by atoms with van der Waals surface area (Å²) in [7, 11) is 1.71. The zero-order valence-electron chi connectivity index (χ0n) is 12.1. The van der Waals surface area contributed by atoms with Gasteiger partial charge >= 0.3 is 0 Å². The molecular weight excluding hydrogens is 238 g/mol. The van der Waals surface area contributed by atoms with Crippen molar-refractivity contribution in [3.8, 4) is 5.75 Å². The molecule has 0 bridgehead atoms. The molecule has 4 nitrogen and oxygen atoms in total. The Morgan fingerprint density at radius 1 is 1.11 bits per heavy atom. The first kappa shape index (κ1) is 14.2. The standard InChI is InChI=1S/C15H25N3O/c1-3-16-8-9-17-10-12-18(13-11-17)14-4-6-15(19-2)7-5-14/h4-7,16H,3,8-13H2,1-2H3. The van der Waals surface area contributed by atoms with Crippen LogP contribution >= 0.6 is 0 Å². The van der Waals surface area contributed by atoms with Crippen LogP contribution < -0.4 is 15.0 Å². The van der Waals surface area contributed by atoms with Crippen LogP contribution in [0.3, 0.4) is 0 Å². The van der Waals surface area contributed by atoms with E-state index in [9.17, 15) is 0 Å². The molecule has 1 N–H and O–H groups in total. The third-order valence-corrected chi connectivity index (χ3v) is 3.66. The van der Waals surface area contributed by atoms with Crippen LogP contribution in [0.2, 0.25) is 0 Å². The maximum atomic E-state index is 5.19. The number of rotatable bonds is 6. The molecule has 2 rings (SSSR count). The van der Waals surface area contributed by atoms with Crippen molar-refractivity contribution < 1.29 is 4.74 Å². The van der Waals surface area contributed by atoms with E-state index < -0.39 is 0 Å². The zero-order valence-corrected chi connectivity index (χ0v) is 12.1. The van der Waals surface area contributed by atoms with Gasteiger partial charge in [0.25, 0.3) is 0 Å². The van der Waals surface area contributed by atoms with E-state index in [-0.39, 0.29) is 0 Å². The largest absolute Gasteiger partial charge is 0.497 e. The Labute approximate surface area is 116 Å². The highest BCUT2D eigenvalue weighted by Gasteiger charge is 2.16. The van der Waals surface area contributed by atoms with E-state index in [1.807, 2.05) is 12.1 Å². The average molecular weight is 263 g/mol. The molecule has 4 heteroatoms. The molecule has 19 heavy (non-hydrogen) atoms. The highest BCUT2D eigenvalue weighted by molar-refractivity contribution is 5.49. The van der Waals surface area contributed by atoms with Crippen molar-refractivity contribution >= 4 is 5.69 Å². The number of likely N-dealkylation sites (N-methyl/N-ethyl adjacent to an activating group) is 1.